The Bertz CT molecular complexity index is 1240. The Morgan fingerprint density at radius 3 is 2.38 bits per heavy atom. The second-order valence-electron chi connectivity index (χ2n) is 11.4. The zero-order valence-corrected chi connectivity index (χ0v) is 27.4. The number of hydrogen-bond donors (Lipinski definition) is 2. The van der Waals surface area contributed by atoms with Crippen LogP contribution in [0.3, 0.4) is 0 Å². The van der Waals surface area contributed by atoms with Crippen molar-refractivity contribution >= 4 is 35.4 Å². The molecule has 0 radical (unpaired) electrons. The molecule has 0 aliphatic heterocycles. The van der Waals surface area contributed by atoms with Gasteiger partial charge in [0, 0.05) is 38.1 Å². The average molecular weight is 643 g/mol. The van der Waals surface area contributed by atoms with Crippen LogP contribution in [-0.2, 0) is 36.9 Å². The first-order valence-electron chi connectivity index (χ1n) is 15.8. The van der Waals surface area contributed by atoms with Gasteiger partial charge in [-0.3, -0.25) is 19.2 Å². The van der Waals surface area contributed by atoms with E-state index in [1.807, 2.05) is 43.3 Å². The zero-order chi connectivity index (χ0) is 32.6. The van der Waals surface area contributed by atoms with Gasteiger partial charge in [-0.25, -0.2) is 9.86 Å². The quantitative estimate of drug-likeness (QED) is 0.241. The zero-order valence-electron chi connectivity index (χ0n) is 26.6. The van der Waals surface area contributed by atoms with Gasteiger partial charge in [-0.1, -0.05) is 86.2 Å². The lowest BCUT2D eigenvalue weighted by atomic mass is 9.85. The van der Waals surface area contributed by atoms with Gasteiger partial charge in [0.15, 0.2) is 6.10 Å². The molecule has 0 bridgehead atoms. The molecular formula is C34H47ClN4O6. The minimum Gasteiger partial charge on any atom is -0.436 e. The molecule has 10 nitrogen and oxygen atoms in total. The highest BCUT2D eigenvalue weighted by Crippen LogP contribution is 2.28. The van der Waals surface area contributed by atoms with E-state index in [0.717, 1.165) is 48.3 Å². The predicted octanol–water partition coefficient (Wildman–Crippen LogP) is 5.28. The summed E-state index contributed by atoms with van der Waals surface area (Å²) in [5.41, 5.74) is 1.92. The summed E-state index contributed by atoms with van der Waals surface area (Å²) in [5.74, 6) is -0.982. The number of carbonyl (C=O) groups excluding carboxylic acids is 4. The Morgan fingerprint density at radius 1 is 1.00 bits per heavy atom. The second-order valence-corrected chi connectivity index (χ2v) is 11.9. The molecule has 1 aliphatic carbocycles. The third-order valence-electron chi connectivity index (χ3n) is 8.23. The summed E-state index contributed by atoms with van der Waals surface area (Å²) in [4.78, 5) is 59.7. The Balaban J connectivity index is 1.66. The standard InChI is InChI=1S/C34H47ClN4O6/c1-4-39(21-20-25-12-7-5-8-13-25)31(40)19-18-29(33(42)38(2)44-3)37-32(41)30(23-26-14-9-6-10-15-26)45-34(43)36-24-27-16-11-17-28(35)22-27/h5,7-8,11-13,16-17,22,26,29-30H,4,6,9-10,14-15,18-21,23-24H2,1-3H3,(H,36,43)(H,37,41)/t29-,30-/m0/s1. The fourth-order valence-corrected chi connectivity index (χ4v) is 5.76. The molecule has 2 atom stereocenters. The molecule has 11 heteroatoms. The first-order chi connectivity index (χ1) is 21.7. The van der Waals surface area contributed by atoms with Crippen LogP contribution in [0.4, 0.5) is 4.79 Å². The van der Waals surface area contributed by atoms with E-state index in [-0.39, 0.29) is 31.2 Å². The van der Waals surface area contributed by atoms with E-state index < -0.39 is 30.1 Å². The van der Waals surface area contributed by atoms with Gasteiger partial charge >= 0.3 is 6.09 Å². The van der Waals surface area contributed by atoms with Crippen LogP contribution in [-0.4, -0.2) is 73.2 Å². The van der Waals surface area contributed by atoms with E-state index in [4.69, 9.17) is 21.2 Å². The number of hydrogen-bond acceptors (Lipinski definition) is 6. The topological polar surface area (TPSA) is 117 Å². The summed E-state index contributed by atoms with van der Waals surface area (Å²) in [6, 6.07) is 16.0. The molecule has 1 saturated carbocycles. The third kappa shape index (κ3) is 12.4. The van der Waals surface area contributed by atoms with Crippen LogP contribution in [0.25, 0.3) is 0 Å². The van der Waals surface area contributed by atoms with Crippen LogP contribution < -0.4 is 10.6 Å². The van der Waals surface area contributed by atoms with E-state index >= 15 is 0 Å². The Kier molecular flexibility index (Phi) is 15.1. The van der Waals surface area contributed by atoms with E-state index in [9.17, 15) is 19.2 Å². The molecule has 0 saturated heterocycles. The number of nitrogens with one attached hydrogen (secondary N) is 2. The summed E-state index contributed by atoms with van der Waals surface area (Å²) < 4.78 is 5.66. The van der Waals surface area contributed by atoms with Gasteiger partial charge in [-0.2, -0.15) is 0 Å². The van der Waals surface area contributed by atoms with Crippen LogP contribution in [0.15, 0.2) is 54.6 Å². The number of rotatable bonds is 16. The Hall–Kier alpha value is -3.63. The van der Waals surface area contributed by atoms with Gasteiger partial charge in [-0.15, -0.1) is 0 Å². The maximum absolute atomic E-state index is 13.7. The number of benzene rings is 2. The van der Waals surface area contributed by atoms with Crippen molar-refractivity contribution in [3.63, 3.8) is 0 Å². The van der Waals surface area contributed by atoms with Gasteiger partial charge in [0.1, 0.15) is 6.04 Å². The summed E-state index contributed by atoms with van der Waals surface area (Å²) in [7, 11) is 2.80. The summed E-state index contributed by atoms with van der Waals surface area (Å²) >= 11 is 6.05. The second kappa shape index (κ2) is 19.0. The maximum atomic E-state index is 13.7. The molecule has 45 heavy (non-hydrogen) atoms. The Labute approximate surface area is 271 Å². The molecule has 2 aromatic carbocycles. The molecular weight excluding hydrogens is 596 g/mol. The molecule has 1 aliphatic rings. The number of halogens is 1. The number of hydroxylamine groups is 2. The van der Waals surface area contributed by atoms with Crippen molar-refractivity contribution in [1.82, 2.24) is 20.6 Å². The number of amides is 4. The highest BCUT2D eigenvalue weighted by molar-refractivity contribution is 6.30. The van der Waals surface area contributed by atoms with Gasteiger partial charge in [-0.05, 0) is 55.4 Å². The monoisotopic (exact) mass is 642 g/mol. The molecule has 0 heterocycles. The van der Waals surface area contributed by atoms with E-state index in [1.165, 1.54) is 14.2 Å². The molecule has 0 aromatic heterocycles. The van der Waals surface area contributed by atoms with Crippen molar-refractivity contribution in [3.8, 4) is 0 Å². The minimum atomic E-state index is -1.11. The molecule has 0 spiro atoms. The summed E-state index contributed by atoms with van der Waals surface area (Å²) in [6.45, 7) is 3.16. The van der Waals surface area contributed by atoms with Gasteiger partial charge in [0.2, 0.25) is 5.91 Å². The molecule has 1 fully saturated rings. The summed E-state index contributed by atoms with van der Waals surface area (Å²) in [6.07, 6.45) is 4.46. The number of alkyl carbamates (subject to hydrolysis) is 1. The molecule has 2 aromatic rings. The minimum absolute atomic E-state index is 0.0468. The van der Waals surface area contributed by atoms with Crippen molar-refractivity contribution in [2.24, 2.45) is 5.92 Å². The lowest BCUT2D eigenvalue weighted by Crippen LogP contribution is -2.51. The lowest BCUT2D eigenvalue weighted by molar-refractivity contribution is -0.172. The summed E-state index contributed by atoms with van der Waals surface area (Å²) in [5, 5.41) is 7.04. The van der Waals surface area contributed by atoms with Crippen molar-refractivity contribution in [1.29, 1.82) is 0 Å². The van der Waals surface area contributed by atoms with Gasteiger partial charge < -0.3 is 20.3 Å². The number of carbonyl (C=O) groups is 4. The van der Waals surface area contributed by atoms with Crippen LogP contribution >= 0.6 is 11.6 Å². The molecule has 3 rings (SSSR count). The number of likely N-dealkylation sites (N-methyl/N-ethyl adjacent to an activating group) is 2. The first-order valence-corrected chi connectivity index (χ1v) is 16.2. The highest BCUT2D eigenvalue weighted by Gasteiger charge is 2.32. The molecule has 0 unspecified atom stereocenters. The average Bonchev–Trinajstić information content (AvgIpc) is 3.05. The maximum Gasteiger partial charge on any atom is 0.408 e. The van der Waals surface area contributed by atoms with Crippen LogP contribution in [0.5, 0.6) is 0 Å². The van der Waals surface area contributed by atoms with Crippen LogP contribution in [0.2, 0.25) is 5.02 Å². The van der Waals surface area contributed by atoms with Crippen molar-refractivity contribution in [2.45, 2.75) is 83.4 Å². The van der Waals surface area contributed by atoms with E-state index in [2.05, 4.69) is 10.6 Å². The van der Waals surface area contributed by atoms with E-state index in [0.29, 0.717) is 31.0 Å². The molecule has 2 N–H and O–H groups in total. The smallest absolute Gasteiger partial charge is 0.408 e. The lowest BCUT2D eigenvalue weighted by Gasteiger charge is -2.28. The number of ether oxygens (including phenoxy) is 1. The molecule has 246 valence electrons. The van der Waals surface area contributed by atoms with Crippen molar-refractivity contribution in [3.05, 3.63) is 70.7 Å². The molecule has 4 amide bonds. The fraction of sp³-hybridized carbons (Fsp3) is 0.529. The van der Waals surface area contributed by atoms with Crippen LogP contribution in [0, 0.1) is 5.92 Å². The van der Waals surface area contributed by atoms with E-state index in [1.54, 1.807) is 23.1 Å². The normalized spacial score (nSPS) is 14.6. The van der Waals surface area contributed by atoms with Gasteiger partial charge in [0.25, 0.3) is 11.8 Å². The van der Waals surface area contributed by atoms with Crippen LogP contribution in [0.1, 0.15) is 69.4 Å². The first kappa shape index (κ1) is 35.8. The SMILES string of the molecule is CCN(CCc1ccccc1)C(=O)CC[C@H](NC(=O)[C@H](CC1CCCCC1)OC(=O)NCc1cccc(Cl)c1)C(=O)N(C)OC. The van der Waals surface area contributed by atoms with Gasteiger partial charge in [0.05, 0.1) is 7.11 Å². The van der Waals surface area contributed by atoms with Crippen molar-refractivity contribution < 1.29 is 28.8 Å². The largest absolute Gasteiger partial charge is 0.436 e. The Morgan fingerprint density at radius 2 is 1.71 bits per heavy atom. The fourth-order valence-electron chi connectivity index (χ4n) is 5.55. The predicted molar refractivity (Wildman–Crippen MR) is 173 cm³/mol. The highest BCUT2D eigenvalue weighted by atomic mass is 35.5. The number of nitrogens with zero attached hydrogens (tertiary/aromatic N) is 2. The van der Waals surface area contributed by atoms with Crippen molar-refractivity contribution in [2.75, 3.05) is 27.2 Å². The third-order valence-corrected chi connectivity index (χ3v) is 8.47.